The predicted molar refractivity (Wildman–Crippen MR) is 122 cm³/mol. The summed E-state index contributed by atoms with van der Waals surface area (Å²) in [5.41, 5.74) is 2.77. The number of carbonyl (C=O) groups excluding carboxylic acids is 2. The number of ketones is 1. The first-order valence-corrected chi connectivity index (χ1v) is 10.9. The van der Waals surface area contributed by atoms with Gasteiger partial charge in [-0.2, -0.15) is 0 Å². The zero-order valence-corrected chi connectivity index (χ0v) is 18.1. The van der Waals surface area contributed by atoms with Crippen LogP contribution in [-0.2, 0) is 17.5 Å². The Labute approximate surface area is 187 Å². The van der Waals surface area contributed by atoms with E-state index in [-0.39, 0.29) is 16.6 Å². The quantitative estimate of drug-likeness (QED) is 0.608. The highest BCUT2D eigenvalue weighted by atomic mass is 35.5. The molecular weight excluding hydrogens is 434 g/mol. The number of nitrogens with zero attached hydrogens (tertiary/aromatic N) is 2. The number of fused-ring (bicyclic) bond motifs is 1. The van der Waals surface area contributed by atoms with Gasteiger partial charge in [-0.15, -0.1) is 0 Å². The van der Waals surface area contributed by atoms with Gasteiger partial charge in [-0.05, 0) is 53.6 Å². The van der Waals surface area contributed by atoms with Crippen LogP contribution in [0.25, 0.3) is 6.08 Å². The van der Waals surface area contributed by atoms with Crippen molar-refractivity contribution in [2.75, 3.05) is 11.4 Å². The van der Waals surface area contributed by atoms with Crippen LogP contribution in [0.1, 0.15) is 31.8 Å². The molecule has 0 spiro atoms. The maximum absolute atomic E-state index is 13.1. The molecule has 0 saturated heterocycles. The van der Waals surface area contributed by atoms with E-state index in [9.17, 15) is 13.8 Å². The highest BCUT2D eigenvalue weighted by molar-refractivity contribution is 7.91. The highest BCUT2D eigenvalue weighted by Gasteiger charge is 2.32. The van der Waals surface area contributed by atoms with Crippen LogP contribution in [0, 0.1) is 0 Å². The number of pyridine rings is 1. The molecule has 3 aromatic rings. The van der Waals surface area contributed by atoms with E-state index in [1.165, 1.54) is 4.31 Å². The fraction of sp³-hybridized carbons (Fsp3) is 0.0870. The van der Waals surface area contributed by atoms with E-state index in [0.717, 1.165) is 5.56 Å². The number of hydrogen-bond acceptors (Lipinski definition) is 4. The van der Waals surface area contributed by atoms with Crippen molar-refractivity contribution >= 4 is 46.0 Å². The van der Waals surface area contributed by atoms with Crippen LogP contribution in [0.3, 0.4) is 0 Å². The van der Waals surface area contributed by atoms with Gasteiger partial charge in [0.25, 0.3) is 5.91 Å². The van der Waals surface area contributed by atoms with Crippen LogP contribution >= 0.6 is 11.6 Å². The van der Waals surface area contributed by atoms with E-state index in [0.29, 0.717) is 33.9 Å². The normalized spacial score (nSPS) is 16.8. The molecule has 4 rings (SSSR count). The number of allylic oxidation sites excluding steroid dienone is 1. The lowest BCUT2D eigenvalue weighted by Crippen LogP contribution is -2.32. The number of amides is 1. The molecule has 1 aromatic heterocycles. The molecule has 2 aromatic carbocycles. The maximum atomic E-state index is 13.1. The minimum Gasteiger partial charge on any atom is -0.348 e. The second-order valence-electron chi connectivity index (χ2n) is 6.91. The summed E-state index contributed by atoms with van der Waals surface area (Å²) in [5, 5.41) is 3.39. The van der Waals surface area contributed by atoms with Gasteiger partial charge in [-0.1, -0.05) is 29.8 Å². The summed E-state index contributed by atoms with van der Waals surface area (Å²) in [4.78, 5) is 29.9. The zero-order chi connectivity index (χ0) is 22.0. The van der Waals surface area contributed by atoms with Crippen LogP contribution in [-0.4, -0.2) is 27.9 Å². The number of aromatic nitrogens is 1. The first-order chi connectivity index (χ1) is 14.9. The van der Waals surface area contributed by atoms with Crippen LogP contribution in [0.2, 0.25) is 5.02 Å². The molecule has 8 heteroatoms. The molecule has 0 bridgehead atoms. The molecule has 1 atom stereocenters. The number of benzene rings is 2. The molecule has 2 heterocycles. The smallest absolute Gasteiger partial charge is 0.251 e. The Kier molecular flexibility index (Phi) is 5.97. The van der Waals surface area contributed by atoms with Crippen LogP contribution in [0.4, 0.5) is 5.69 Å². The molecule has 1 N–H and O–H groups in total. The standard InChI is InChI=1S/C23H18ClN3O3S/c1-27-20-9-6-17(23(29)26-14-16-3-2-10-25-13-16)12-19(20)22(28)21(31(27)30)11-15-4-7-18(24)8-5-15/h2-13H,14H2,1H3,(H,26,29)/b21-11-. The molecule has 0 saturated carbocycles. The van der Waals surface area contributed by atoms with Gasteiger partial charge in [-0.25, -0.2) is 4.21 Å². The van der Waals surface area contributed by atoms with Gasteiger partial charge in [-0.3, -0.25) is 18.9 Å². The number of Topliss-reactive ketones (excluding diaryl/α,β-unsaturated/α-hetero) is 1. The lowest BCUT2D eigenvalue weighted by Gasteiger charge is -2.27. The SMILES string of the molecule is CN1c2ccc(C(=O)NCc3cccnc3)cc2C(=O)/C(=C/c2ccc(Cl)cc2)S1=O. The summed E-state index contributed by atoms with van der Waals surface area (Å²) in [5.74, 6) is -0.680. The van der Waals surface area contributed by atoms with E-state index in [4.69, 9.17) is 11.6 Å². The molecule has 6 nitrogen and oxygen atoms in total. The molecule has 1 amide bonds. The van der Waals surface area contributed by atoms with Gasteiger partial charge in [0.1, 0.15) is 4.91 Å². The number of halogens is 1. The Hall–Kier alpha value is -3.29. The van der Waals surface area contributed by atoms with E-state index in [1.807, 2.05) is 6.07 Å². The molecule has 1 aliphatic rings. The molecule has 0 fully saturated rings. The van der Waals surface area contributed by atoms with Crippen molar-refractivity contribution < 1.29 is 13.8 Å². The first-order valence-electron chi connectivity index (χ1n) is 9.43. The van der Waals surface area contributed by atoms with E-state index < -0.39 is 11.0 Å². The zero-order valence-electron chi connectivity index (χ0n) is 16.5. The predicted octanol–water partition coefficient (Wildman–Crippen LogP) is 4.00. The molecule has 0 aliphatic carbocycles. The van der Waals surface area contributed by atoms with Gasteiger partial charge in [0.05, 0.1) is 5.69 Å². The molecule has 1 unspecified atom stereocenters. The molecule has 1 aliphatic heterocycles. The van der Waals surface area contributed by atoms with Gasteiger partial charge >= 0.3 is 0 Å². The van der Waals surface area contributed by atoms with Crippen molar-refractivity contribution in [3.63, 3.8) is 0 Å². The van der Waals surface area contributed by atoms with Crippen LogP contribution < -0.4 is 9.62 Å². The third kappa shape index (κ3) is 4.42. The summed E-state index contributed by atoms with van der Waals surface area (Å²) < 4.78 is 14.4. The van der Waals surface area contributed by atoms with Crippen molar-refractivity contribution in [3.8, 4) is 0 Å². The summed E-state index contributed by atoms with van der Waals surface area (Å²) in [7, 11) is -0.00924. The molecule has 0 radical (unpaired) electrons. The second kappa shape index (κ2) is 8.83. The number of carbonyl (C=O) groups is 2. The third-order valence-corrected chi connectivity index (χ3v) is 6.47. The lowest BCUT2D eigenvalue weighted by molar-refractivity contribution is 0.0951. The summed E-state index contributed by atoms with van der Waals surface area (Å²) in [6.45, 7) is 0.323. The largest absolute Gasteiger partial charge is 0.348 e. The molecule has 156 valence electrons. The number of hydrogen-bond donors (Lipinski definition) is 1. The lowest BCUT2D eigenvalue weighted by atomic mass is 10.0. The van der Waals surface area contributed by atoms with Crippen molar-refractivity contribution in [3.05, 3.63) is 99.2 Å². The summed E-state index contributed by atoms with van der Waals surface area (Å²) in [6.07, 6.45) is 4.92. The Bertz CT molecular complexity index is 1210. The summed E-state index contributed by atoms with van der Waals surface area (Å²) in [6, 6.07) is 15.4. The number of anilines is 1. The van der Waals surface area contributed by atoms with E-state index in [2.05, 4.69) is 10.3 Å². The van der Waals surface area contributed by atoms with Crippen LogP contribution in [0.15, 0.2) is 71.9 Å². The first kappa shape index (κ1) is 21.0. The Balaban J connectivity index is 1.62. The Morgan fingerprint density at radius 2 is 1.97 bits per heavy atom. The van der Waals surface area contributed by atoms with Crippen LogP contribution in [0.5, 0.6) is 0 Å². The number of rotatable bonds is 4. The van der Waals surface area contributed by atoms with Gasteiger partial charge < -0.3 is 5.32 Å². The van der Waals surface area contributed by atoms with Crippen molar-refractivity contribution in [1.29, 1.82) is 0 Å². The van der Waals surface area contributed by atoms with Gasteiger partial charge in [0.15, 0.2) is 11.0 Å². The maximum Gasteiger partial charge on any atom is 0.251 e. The van der Waals surface area contributed by atoms with E-state index >= 15 is 0 Å². The molecular formula is C23H18ClN3O3S. The monoisotopic (exact) mass is 451 g/mol. The number of nitrogens with one attached hydrogen (secondary N) is 1. The van der Waals surface area contributed by atoms with Gasteiger partial charge in [0, 0.05) is 42.1 Å². The third-order valence-electron chi connectivity index (χ3n) is 4.85. The minimum atomic E-state index is -1.66. The van der Waals surface area contributed by atoms with Crippen molar-refractivity contribution in [2.24, 2.45) is 0 Å². The average molecular weight is 452 g/mol. The van der Waals surface area contributed by atoms with Gasteiger partial charge in [0.2, 0.25) is 5.78 Å². The Morgan fingerprint density at radius 1 is 1.19 bits per heavy atom. The van der Waals surface area contributed by atoms with Crippen molar-refractivity contribution in [2.45, 2.75) is 6.54 Å². The summed E-state index contributed by atoms with van der Waals surface area (Å²) >= 11 is 5.92. The van der Waals surface area contributed by atoms with Crippen molar-refractivity contribution in [1.82, 2.24) is 10.3 Å². The fourth-order valence-electron chi connectivity index (χ4n) is 3.20. The topological polar surface area (TPSA) is 79.4 Å². The van der Waals surface area contributed by atoms with E-state index in [1.54, 1.807) is 74.0 Å². The molecule has 31 heavy (non-hydrogen) atoms. The highest BCUT2D eigenvalue weighted by Crippen LogP contribution is 2.33. The average Bonchev–Trinajstić information content (AvgIpc) is 2.80. The Morgan fingerprint density at radius 3 is 2.68 bits per heavy atom. The fourth-order valence-corrected chi connectivity index (χ4v) is 4.46. The minimum absolute atomic E-state index is 0.144. The second-order valence-corrected chi connectivity index (χ2v) is 8.83.